The van der Waals surface area contributed by atoms with E-state index in [1.165, 1.54) is 19.3 Å². The van der Waals surface area contributed by atoms with Gasteiger partial charge in [0.05, 0.1) is 6.04 Å². The highest BCUT2D eigenvalue weighted by Crippen LogP contribution is 2.28. The van der Waals surface area contributed by atoms with Crippen molar-refractivity contribution in [1.82, 2.24) is 10.2 Å². The molecule has 0 spiro atoms. The van der Waals surface area contributed by atoms with Crippen LogP contribution in [0.1, 0.15) is 46.5 Å². The van der Waals surface area contributed by atoms with Crippen molar-refractivity contribution in [2.45, 2.75) is 58.1 Å². The van der Waals surface area contributed by atoms with Crippen LogP contribution in [-0.2, 0) is 4.74 Å². The van der Waals surface area contributed by atoms with Crippen molar-refractivity contribution in [3.8, 4) is 0 Å². The molecule has 0 bridgehead atoms. The van der Waals surface area contributed by atoms with Gasteiger partial charge in [-0.1, -0.05) is 6.42 Å². The molecule has 2 fully saturated rings. The minimum Gasteiger partial charge on any atom is -0.444 e. The van der Waals surface area contributed by atoms with E-state index in [9.17, 15) is 4.79 Å². The van der Waals surface area contributed by atoms with Gasteiger partial charge in [-0.25, -0.2) is 4.79 Å². The molecule has 0 aromatic heterocycles. The number of carbonyl (C=O) groups excluding carboxylic acids is 1. The minimum atomic E-state index is -0.402. The van der Waals surface area contributed by atoms with Crippen molar-refractivity contribution >= 4 is 6.09 Å². The average Bonchev–Trinajstić information content (AvgIpc) is 2.48. The summed E-state index contributed by atoms with van der Waals surface area (Å²) in [7, 11) is 0. The van der Waals surface area contributed by atoms with Crippen molar-refractivity contribution < 1.29 is 9.53 Å². The predicted molar refractivity (Wildman–Crippen MR) is 71.6 cm³/mol. The lowest BCUT2D eigenvalue weighted by atomic mass is 9.89. The molecular weight excluding hydrogens is 228 g/mol. The SMILES string of the molecule is CC(C)(C)OC(=O)N1CCCCC2CCNCC21. The van der Waals surface area contributed by atoms with Crippen LogP contribution in [0.2, 0.25) is 0 Å². The molecule has 4 heteroatoms. The van der Waals surface area contributed by atoms with Gasteiger partial charge in [0, 0.05) is 13.1 Å². The van der Waals surface area contributed by atoms with Crippen LogP contribution >= 0.6 is 0 Å². The summed E-state index contributed by atoms with van der Waals surface area (Å²) < 4.78 is 5.54. The van der Waals surface area contributed by atoms with E-state index in [4.69, 9.17) is 4.74 Å². The number of piperidine rings is 1. The van der Waals surface area contributed by atoms with Crippen molar-refractivity contribution in [2.24, 2.45) is 5.92 Å². The van der Waals surface area contributed by atoms with Gasteiger partial charge in [-0.05, 0) is 52.5 Å². The fourth-order valence-corrected chi connectivity index (χ4v) is 3.00. The van der Waals surface area contributed by atoms with E-state index in [2.05, 4.69) is 5.32 Å². The smallest absolute Gasteiger partial charge is 0.410 e. The fraction of sp³-hybridized carbons (Fsp3) is 0.929. The highest BCUT2D eigenvalue weighted by molar-refractivity contribution is 5.68. The number of ether oxygens (including phenoxy) is 1. The van der Waals surface area contributed by atoms with Crippen LogP contribution in [0.15, 0.2) is 0 Å². The summed E-state index contributed by atoms with van der Waals surface area (Å²) in [6.07, 6.45) is 4.64. The lowest BCUT2D eigenvalue weighted by Crippen LogP contribution is -2.53. The number of nitrogens with one attached hydrogen (secondary N) is 1. The Hall–Kier alpha value is -0.770. The molecule has 18 heavy (non-hydrogen) atoms. The highest BCUT2D eigenvalue weighted by Gasteiger charge is 2.36. The summed E-state index contributed by atoms with van der Waals surface area (Å²) in [6, 6.07) is 0.330. The third-order valence-electron chi connectivity index (χ3n) is 3.84. The molecule has 2 aliphatic rings. The van der Waals surface area contributed by atoms with E-state index in [1.807, 2.05) is 25.7 Å². The first kappa shape index (κ1) is 13.7. The zero-order valence-corrected chi connectivity index (χ0v) is 11.9. The summed E-state index contributed by atoms with van der Waals surface area (Å²) in [5.74, 6) is 0.654. The molecule has 1 N–H and O–H groups in total. The van der Waals surface area contributed by atoms with Crippen LogP contribution in [-0.4, -0.2) is 42.3 Å². The first-order valence-electron chi connectivity index (χ1n) is 7.18. The molecule has 1 amide bonds. The Labute approximate surface area is 110 Å². The number of rotatable bonds is 0. The molecule has 0 saturated carbocycles. The van der Waals surface area contributed by atoms with Crippen LogP contribution in [0.3, 0.4) is 0 Å². The van der Waals surface area contributed by atoms with Crippen molar-refractivity contribution in [1.29, 1.82) is 0 Å². The predicted octanol–water partition coefficient (Wildman–Crippen LogP) is 2.39. The van der Waals surface area contributed by atoms with Crippen LogP contribution in [0.25, 0.3) is 0 Å². The second-order valence-electron chi connectivity index (χ2n) is 6.49. The van der Waals surface area contributed by atoms with E-state index < -0.39 is 5.60 Å². The average molecular weight is 254 g/mol. The molecule has 0 radical (unpaired) electrons. The summed E-state index contributed by atoms with van der Waals surface area (Å²) >= 11 is 0. The van der Waals surface area contributed by atoms with E-state index in [0.29, 0.717) is 12.0 Å². The molecule has 4 nitrogen and oxygen atoms in total. The summed E-state index contributed by atoms with van der Waals surface area (Å²) in [4.78, 5) is 14.3. The van der Waals surface area contributed by atoms with E-state index in [0.717, 1.165) is 26.1 Å². The summed E-state index contributed by atoms with van der Waals surface area (Å²) in [5.41, 5.74) is -0.402. The largest absolute Gasteiger partial charge is 0.444 e. The molecular formula is C14H26N2O2. The third kappa shape index (κ3) is 3.37. The number of likely N-dealkylation sites (tertiary alicyclic amines) is 1. The number of carbonyl (C=O) groups is 1. The molecule has 2 rings (SSSR count). The monoisotopic (exact) mass is 254 g/mol. The minimum absolute atomic E-state index is 0.136. The Balaban J connectivity index is 2.06. The van der Waals surface area contributed by atoms with E-state index >= 15 is 0 Å². The molecule has 104 valence electrons. The molecule has 0 aliphatic carbocycles. The molecule has 2 atom stereocenters. The Kier molecular flexibility index (Phi) is 4.15. The van der Waals surface area contributed by atoms with E-state index in [-0.39, 0.29) is 6.09 Å². The van der Waals surface area contributed by atoms with Crippen LogP contribution in [0.4, 0.5) is 4.79 Å². The number of fused-ring (bicyclic) bond motifs is 1. The summed E-state index contributed by atoms with van der Waals surface area (Å²) in [6.45, 7) is 8.64. The van der Waals surface area contributed by atoms with Gasteiger partial charge in [0.15, 0.2) is 0 Å². The van der Waals surface area contributed by atoms with Gasteiger partial charge < -0.3 is 15.0 Å². The van der Waals surface area contributed by atoms with Gasteiger partial charge in [-0.15, -0.1) is 0 Å². The third-order valence-corrected chi connectivity index (χ3v) is 3.84. The molecule has 2 saturated heterocycles. The van der Waals surface area contributed by atoms with Gasteiger partial charge in [-0.2, -0.15) is 0 Å². The fourth-order valence-electron chi connectivity index (χ4n) is 3.00. The lowest BCUT2D eigenvalue weighted by Gasteiger charge is -2.39. The van der Waals surface area contributed by atoms with Gasteiger partial charge in [0.2, 0.25) is 0 Å². The van der Waals surface area contributed by atoms with Crippen molar-refractivity contribution in [3.05, 3.63) is 0 Å². The van der Waals surface area contributed by atoms with Crippen molar-refractivity contribution in [2.75, 3.05) is 19.6 Å². The van der Waals surface area contributed by atoms with Crippen molar-refractivity contribution in [3.63, 3.8) is 0 Å². The van der Waals surface area contributed by atoms with Gasteiger partial charge >= 0.3 is 6.09 Å². The standard InChI is InChI=1S/C14H26N2O2/c1-14(2,3)18-13(17)16-9-5-4-6-11-7-8-15-10-12(11)16/h11-12,15H,4-10H2,1-3H3. The quantitative estimate of drug-likeness (QED) is 0.721. The number of hydrogen-bond acceptors (Lipinski definition) is 3. The molecule has 2 unspecified atom stereocenters. The molecule has 0 aromatic carbocycles. The first-order valence-corrected chi connectivity index (χ1v) is 7.18. The van der Waals surface area contributed by atoms with Gasteiger partial charge in [-0.3, -0.25) is 0 Å². The van der Waals surface area contributed by atoms with Crippen LogP contribution in [0, 0.1) is 5.92 Å². The number of nitrogens with zero attached hydrogens (tertiary/aromatic N) is 1. The maximum atomic E-state index is 12.3. The van der Waals surface area contributed by atoms with Crippen LogP contribution in [0.5, 0.6) is 0 Å². The van der Waals surface area contributed by atoms with Gasteiger partial charge in [0.1, 0.15) is 5.60 Å². The molecule has 2 heterocycles. The highest BCUT2D eigenvalue weighted by atomic mass is 16.6. The topological polar surface area (TPSA) is 41.6 Å². The van der Waals surface area contributed by atoms with Crippen LogP contribution < -0.4 is 5.32 Å². The maximum Gasteiger partial charge on any atom is 0.410 e. The lowest BCUT2D eigenvalue weighted by molar-refractivity contribution is 0.00886. The zero-order chi connectivity index (χ0) is 13.2. The number of amides is 1. The zero-order valence-electron chi connectivity index (χ0n) is 11.9. The van der Waals surface area contributed by atoms with Gasteiger partial charge in [0.25, 0.3) is 0 Å². The Bertz CT molecular complexity index is 299. The maximum absolute atomic E-state index is 12.3. The van der Waals surface area contributed by atoms with E-state index in [1.54, 1.807) is 0 Å². The summed E-state index contributed by atoms with van der Waals surface area (Å²) in [5, 5.41) is 3.41. The second kappa shape index (κ2) is 5.47. The number of hydrogen-bond donors (Lipinski definition) is 1. The first-order chi connectivity index (χ1) is 8.47. The Morgan fingerprint density at radius 1 is 1.28 bits per heavy atom. The normalized spacial score (nSPS) is 29.4. The Morgan fingerprint density at radius 2 is 2.06 bits per heavy atom. The Morgan fingerprint density at radius 3 is 2.78 bits per heavy atom. The second-order valence-corrected chi connectivity index (χ2v) is 6.49. The molecule has 0 aromatic rings. The molecule has 2 aliphatic heterocycles.